The standard InChI is InChI=1S/C29H34N2O6.C26H30N2O4/c1-19(2)36-29(34)31-17-23(25(18-31)28(32)33)13-12-21-8-7-11-24(16-21)35-15-14-26-20(3)37-27(30-26)22-9-5-4-6-10-22;1-18-24(28-25(32-18)20-8-4-3-5-9-20)13-14-31-22-10-6-7-19(15-22)11-12-21-16-27-17-23(21)26(29)30-2/h4-11,16,19,23,25H,12-15,17-18H2,1-3H3,(H,32,33);3-10,15,21,23,27H,11-14,16-17H2,1-2H3/t23-,25-;21-,23-/m11/s1. The van der Waals surface area contributed by atoms with Crippen molar-refractivity contribution in [2.75, 3.05) is 46.5 Å². The number of aromatic nitrogens is 2. The number of ether oxygens (including phenoxy) is 4. The van der Waals surface area contributed by atoms with E-state index in [0.717, 1.165) is 70.5 Å². The maximum atomic E-state index is 12.3. The Kier molecular flexibility index (Phi) is 17.7. The quantitative estimate of drug-likeness (QED) is 0.0735. The maximum absolute atomic E-state index is 12.3. The van der Waals surface area contributed by atoms with Crippen LogP contribution in [0.2, 0.25) is 0 Å². The van der Waals surface area contributed by atoms with Crippen molar-refractivity contribution in [2.24, 2.45) is 23.7 Å². The molecule has 0 spiro atoms. The number of carboxylic acid groups (broad SMARTS) is 1. The summed E-state index contributed by atoms with van der Waals surface area (Å²) in [5.41, 5.74) is 5.98. The summed E-state index contributed by atoms with van der Waals surface area (Å²) in [7, 11) is 1.46. The highest BCUT2D eigenvalue weighted by Crippen LogP contribution is 2.30. The minimum atomic E-state index is -0.875. The largest absolute Gasteiger partial charge is 0.493 e. The molecule has 0 unspecified atom stereocenters. The second-order valence-corrected chi connectivity index (χ2v) is 17.9. The lowest BCUT2D eigenvalue weighted by atomic mass is 9.90. The van der Waals surface area contributed by atoms with Gasteiger partial charge in [-0.2, -0.15) is 0 Å². The van der Waals surface area contributed by atoms with E-state index in [1.165, 1.54) is 17.6 Å². The molecule has 14 heteroatoms. The molecule has 8 rings (SSSR count). The lowest BCUT2D eigenvalue weighted by Gasteiger charge is -2.18. The van der Waals surface area contributed by atoms with Crippen LogP contribution in [-0.4, -0.2) is 90.6 Å². The molecular weight excluding hydrogens is 877 g/mol. The van der Waals surface area contributed by atoms with Gasteiger partial charge in [0.15, 0.2) is 0 Å². The van der Waals surface area contributed by atoms with Crippen LogP contribution in [0.3, 0.4) is 0 Å². The Morgan fingerprint density at radius 1 is 0.681 bits per heavy atom. The molecule has 4 atom stereocenters. The number of carboxylic acids is 1. The maximum Gasteiger partial charge on any atom is 0.410 e. The summed E-state index contributed by atoms with van der Waals surface area (Å²) in [6, 6.07) is 35.7. The molecule has 4 heterocycles. The molecule has 2 aliphatic heterocycles. The molecule has 0 saturated carbocycles. The van der Waals surface area contributed by atoms with Crippen LogP contribution in [0.1, 0.15) is 60.7 Å². The number of carbonyl (C=O) groups is 3. The Hall–Kier alpha value is -6.93. The minimum absolute atomic E-state index is 0.0501. The van der Waals surface area contributed by atoms with Crippen molar-refractivity contribution in [1.29, 1.82) is 0 Å². The summed E-state index contributed by atoms with van der Waals surface area (Å²) >= 11 is 0. The lowest BCUT2D eigenvalue weighted by molar-refractivity contribution is -0.146. The molecule has 0 radical (unpaired) electrons. The van der Waals surface area contributed by atoms with Gasteiger partial charge in [0, 0.05) is 43.6 Å². The van der Waals surface area contributed by atoms with Crippen LogP contribution in [0, 0.1) is 37.5 Å². The smallest absolute Gasteiger partial charge is 0.410 e. The summed E-state index contributed by atoms with van der Waals surface area (Å²) < 4.78 is 33.9. The third kappa shape index (κ3) is 14.1. The van der Waals surface area contributed by atoms with Crippen molar-refractivity contribution < 1.29 is 47.3 Å². The van der Waals surface area contributed by atoms with Gasteiger partial charge < -0.3 is 43.1 Å². The number of hydrogen-bond donors (Lipinski definition) is 2. The van der Waals surface area contributed by atoms with Crippen LogP contribution in [0.25, 0.3) is 22.9 Å². The van der Waals surface area contributed by atoms with Gasteiger partial charge in [0.1, 0.15) is 23.0 Å². The first kappa shape index (κ1) is 50.0. The first-order valence-electron chi connectivity index (χ1n) is 23.9. The number of esters is 1. The minimum Gasteiger partial charge on any atom is -0.493 e. The average molecular weight is 941 g/mol. The van der Waals surface area contributed by atoms with Crippen LogP contribution < -0.4 is 14.8 Å². The molecule has 2 N–H and O–H groups in total. The first-order chi connectivity index (χ1) is 33.4. The molecule has 0 bridgehead atoms. The zero-order chi connectivity index (χ0) is 48.7. The van der Waals surface area contributed by atoms with E-state index < -0.39 is 18.0 Å². The molecule has 69 heavy (non-hydrogen) atoms. The number of nitrogens with one attached hydrogen (secondary N) is 1. The molecule has 2 aromatic heterocycles. The van der Waals surface area contributed by atoms with E-state index in [9.17, 15) is 19.5 Å². The van der Waals surface area contributed by atoms with Crippen molar-refractivity contribution in [2.45, 2.75) is 72.3 Å². The molecule has 6 aromatic rings. The van der Waals surface area contributed by atoms with Gasteiger partial charge in [-0.25, -0.2) is 14.8 Å². The zero-order valence-corrected chi connectivity index (χ0v) is 40.2. The second kappa shape index (κ2) is 24.4. The molecule has 2 fully saturated rings. The summed E-state index contributed by atoms with van der Waals surface area (Å²) in [5.74, 6) is 3.01. The van der Waals surface area contributed by atoms with Crippen molar-refractivity contribution in [1.82, 2.24) is 20.2 Å². The Labute approximate surface area is 404 Å². The molecule has 0 aliphatic carbocycles. The van der Waals surface area contributed by atoms with Crippen LogP contribution >= 0.6 is 0 Å². The predicted molar refractivity (Wildman–Crippen MR) is 261 cm³/mol. The number of carbonyl (C=O) groups excluding carboxylic acids is 2. The number of rotatable bonds is 19. The lowest BCUT2D eigenvalue weighted by Crippen LogP contribution is -2.32. The Balaban J connectivity index is 0.000000206. The normalized spacial score (nSPS) is 17.6. The number of aliphatic carboxylic acids is 1. The van der Waals surface area contributed by atoms with Gasteiger partial charge >= 0.3 is 18.0 Å². The SMILES string of the molecule is COC(=O)[C@@H]1CNC[C@H]1CCc1cccc(OCCc2nc(-c3ccccc3)oc2C)c1.Cc1oc(-c2ccccc2)nc1CCOc1cccc(CC[C@@H]2CN(C(=O)OC(C)C)C[C@H]2C(=O)O)c1. The highest BCUT2D eigenvalue weighted by Gasteiger charge is 2.40. The topological polar surface area (TPSA) is 176 Å². The number of nitrogens with zero attached hydrogens (tertiary/aromatic N) is 3. The van der Waals surface area contributed by atoms with Crippen LogP contribution in [-0.2, 0) is 44.7 Å². The van der Waals surface area contributed by atoms with E-state index >= 15 is 0 Å². The molecule has 14 nitrogen and oxygen atoms in total. The number of benzene rings is 4. The molecule has 2 aliphatic rings. The number of methoxy groups -OCH3 is 1. The Bertz CT molecular complexity index is 2590. The van der Waals surface area contributed by atoms with Gasteiger partial charge in [-0.05, 0) is 131 Å². The van der Waals surface area contributed by atoms with Gasteiger partial charge in [0.05, 0.1) is 49.7 Å². The van der Waals surface area contributed by atoms with Gasteiger partial charge in [-0.1, -0.05) is 60.7 Å². The van der Waals surface area contributed by atoms with E-state index in [2.05, 4.69) is 27.4 Å². The number of likely N-dealkylation sites (tertiary alicyclic amines) is 1. The molecule has 364 valence electrons. The monoisotopic (exact) mass is 940 g/mol. The Morgan fingerprint density at radius 3 is 1.70 bits per heavy atom. The predicted octanol–water partition coefficient (Wildman–Crippen LogP) is 9.59. The third-order valence-electron chi connectivity index (χ3n) is 12.6. The third-order valence-corrected chi connectivity index (χ3v) is 12.6. The molecule has 1 amide bonds. The number of amides is 1. The van der Waals surface area contributed by atoms with Gasteiger partial charge in [-0.15, -0.1) is 0 Å². The molecule has 2 saturated heterocycles. The van der Waals surface area contributed by atoms with Gasteiger partial charge in [0.2, 0.25) is 11.8 Å². The average Bonchev–Trinajstić information content (AvgIpc) is 4.18. The Morgan fingerprint density at radius 2 is 1.20 bits per heavy atom. The van der Waals surface area contributed by atoms with Crippen LogP contribution in [0.5, 0.6) is 11.5 Å². The fraction of sp³-hybridized carbons (Fsp3) is 0.400. The van der Waals surface area contributed by atoms with Crippen LogP contribution in [0.15, 0.2) is 118 Å². The molecular formula is C55H64N4O10. The number of aryl methyl sites for hydroxylation is 4. The van der Waals surface area contributed by atoms with Crippen molar-refractivity contribution in [3.05, 3.63) is 143 Å². The van der Waals surface area contributed by atoms with E-state index in [1.807, 2.05) is 111 Å². The second-order valence-electron chi connectivity index (χ2n) is 17.9. The van der Waals surface area contributed by atoms with E-state index in [-0.39, 0.29) is 30.5 Å². The summed E-state index contributed by atoms with van der Waals surface area (Å²) in [6.07, 6.45) is 3.82. The fourth-order valence-corrected chi connectivity index (χ4v) is 8.88. The van der Waals surface area contributed by atoms with E-state index in [0.29, 0.717) is 69.7 Å². The van der Waals surface area contributed by atoms with Gasteiger partial charge in [0.25, 0.3) is 0 Å². The van der Waals surface area contributed by atoms with Gasteiger partial charge in [-0.3, -0.25) is 9.59 Å². The zero-order valence-electron chi connectivity index (χ0n) is 40.2. The van der Waals surface area contributed by atoms with Crippen molar-refractivity contribution >= 4 is 18.0 Å². The molecule has 4 aromatic carbocycles. The highest BCUT2D eigenvalue weighted by atomic mass is 16.6. The van der Waals surface area contributed by atoms with Crippen molar-refractivity contribution in [3.8, 4) is 34.4 Å². The summed E-state index contributed by atoms with van der Waals surface area (Å²) in [5, 5.41) is 13.0. The summed E-state index contributed by atoms with van der Waals surface area (Å²) in [4.78, 5) is 46.8. The first-order valence-corrected chi connectivity index (χ1v) is 23.9. The highest BCUT2D eigenvalue weighted by molar-refractivity contribution is 5.75. The number of hydrogen-bond acceptors (Lipinski definition) is 12. The fourth-order valence-electron chi connectivity index (χ4n) is 8.88. The number of oxazole rings is 2. The van der Waals surface area contributed by atoms with Crippen molar-refractivity contribution in [3.63, 3.8) is 0 Å². The summed E-state index contributed by atoms with van der Waals surface area (Å²) in [6.45, 7) is 10.5. The van der Waals surface area contributed by atoms with E-state index in [1.54, 1.807) is 13.8 Å². The van der Waals surface area contributed by atoms with Crippen LogP contribution in [0.4, 0.5) is 4.79 Å². The van der Waals surface area contributed by atoms with E-state index in [4.69, 9.17) is 27.8 Å².